The Morgan fingerprint density at radius 1 is 1.07 bits per heavy atom. The predicted octanol–water partition coefficient (Wildman–Crippen LogP) is 7.49. The molecule has 2 unspecified atom stereocenters. The van der Waals surface area contributed by atoms with Crippen LogP contribution in [0.1, 0.15) is 91.5 Å². The molecule has 1 aliphatic carbocycles. The summed E-state index contributed by atoms with van der Waals surface area (Å²) in [7, 11) is 0. The van der Waals surface area contributed by atoms with Crippen molar-refractivity contribution in [2.75, 3.05) is 6.61 Å². The molecule has 0 aromatic heterocycles. The zero-order chi connectivity index (χ0) is 19.9. The van der Waals surface area contributed by atoms with Crippen LogP contribution in [-0.2, 0) is 4.74 Å². The van der Waals surface area contributed by atoms with Gasteiger partial charge in [-0.15, -0.1) is 0 Å². The van der Waals surface area contributed by atoms with Crippen LogP contribution in [0.25, 0.3) is 0 Å². The predicted molar refractivity (Wildman–Crippen MR) is 115 cm³/mol. The third-order valence-electron chi connectivity index (χ3n) is 5.58. The van der Waals surface area contributed by atoms with Gasteiger partial charge < -0.3 is 9.47 Å². The van der Waals surface area contributed by atoms with Gasteiger partial charge in [0.1, 0.15) is 5.75 Å². The first-order valence-electron chi connectivity index (χ1n) is 10.8. The highest BCUT2D eigenvalue weighted by Crippen LogP contribution is 2.37. The third kappa shape index (κ3) is 7.70. The number of allylic oxidation sites excluding steroid dienone is 2. The highest BCUT2D eigenvalue weighted by atomic mass is 16.7. The lowest BCUT2D eigenvalue weighted by Crippen LogP contribution is -2.19. The van der Waals surface area contributed by atoms with Gasteiger partial charge >= 0.3 is 0 Å². The van der Waals surface area contributed by atoms with Crippen LogP contribution in [-0.4, -0.2) is 12.9 Å². The van der Waals surface area contributed by atoms with Crippen LogP contribution in [0.15, 0.2) is 35.9 Å². The Kier molecular flexibility index (Phi) is 8.41. The zero-order valence-electron chi connectivity index (χ0n) is 18.4. The first-order valence-corrected chi connectivity index (χ1v) is 10.8. The average molecular weight is 373 g/mol. The van der Waals surface area contributed by atoms with E-state index in [-0.39, 0.29) is 11.7 Å². The Balaban J connectivity index is 1.85. The maximum atomic E-state index is 5.97. The standard InChI is InChI=1S/C25H40O2/c1-19(2)18-24(25(4,5)6)22-12-14-23(15-13-22)27-20(3)26-17-16-21-10-8-7-9-11-21/h12-15,18,20-21,24H,7-11,16-17H2,1-6H3. The Bertz CT molecular complexity index is 569. The molecule has 2 atom stereocenters. The van der Waals surface area contributed by atoms with Crippen LogP contribution in [0.3, 0.4) is 0 Å². The van der Waals surface area contributed by atoms with Crippen LogP contribution in [0, 0.1) is 11.3 Å². The molecule has 1 fully saturated rings. The fourth-order valence-corrected chi connectivity index (χ4v) is 4.04. The van der Waals surface area contributed by atoms with E-state index in [4.69, 9.17) is 9.47 Å². The molecule has 2 rings (SSSR count). The number of rotatable bonds is 8. The lowest BCUT2D eigenvalue weighted by atomic mass is 9.76. The van der Waals surface area contributed by atoms with Crippen LogP contribution >= 0.6 is 0 Å². The van der Waals surface area contributed by atoms with Crippen molar-refractivity contribution < 1.29 is 9.47 Å². The normalized spacial score (nSPS) is 18.0. The first kappa shape index (κ1) is 22.0. The molecule has 1 aromatic carbocycles. The minimum absolute atomic E-state index is 0.190. The lowest BCUT2D eigenvalue weighted by molar-refractivity contribution is -0.0711. The Morgan fingerprint density at radius 2 is 1.70 bits per heavy atom. The average Bonchev–Trinajstić information content (AvgIpc) is 2.60. The smallest absolute Gasteiger partial charge is 0.196 e. The van der Waals surface area contributed by atoms with Crippen molar-refractivity contribution in [3.63, 3.8) is 0 Å². The molecular formula is C25H40O2. The van der Waals surface area contributed by atoms with Crippen molar-refractivity contribution >= 4 is 0 Å². The van der Waals surface area contributed by atoms with E-state index in [1.807, 2.05) is 6.92 Å². The fraction of sp³-hybridized carbons (Fsp3) is 0.680. The minimum atomic E-state index is -0.198. The first-order chi connectivity index (χ1) is 12.8. The summed E-state index contributed by atoms with van der Waals surface area (Å²) >= 11 is 0. The Hall–Kier alpha value is -1.28. The molecule has 0 spiro atoms. The molecule has 0 saturated heterocycles. The quantitative estimate of drug-likeness (QED) is 0.347. The summed E-state index contributed by atoms with van der Waals surface area (Å²) in [4.78, 5) is 0. The molecule has 1 aliphatic rings. The summed E-state index contributed by atoms with van der Waals surface area (Å²) in [6, 6.07) is 8.54. The molecule has 0 radical (unpaired) electrons. The number of ether oxygens (including phenoxy) is 2. The summed E-state index contributed by atoms with van der Waals surface area (Å²) in [6.07, 6.45) is 10.3. The third-order valence-corrected chi connectivity index (χ3v) is 5.58. The molecule has 152 valence electrons. The van der Waals surface area contributed by atoms with Crippen LogP contribution < -0.4 is 4.74 Å². The van der Waals surface area contributed by atoms with Crippen molar-refractivity contribution in [3.05, 3.63) is 41.5 Å². The van der Waals surface area contributed by atoms with Crippen molar-refractivity contribution in [2.24, 2.45) is 11.3 Å². The molecule has 0 heterocycles. The number of benzene rings is 1. The summed E-state index contributed by atoms with van der Waals surface area (Å²) < 4.78 is 11.9. The molecule has 0 amide bonds. The van der Waals surface area contributed by atoms with Gasteiger partial charge in [-0.3, -0.25) is 0 Å². The van der Waals surface area contributed by atoms with Gasteiger partial charge in [-0.25, -0.2) is 0 Å². The molecule has 2 nitrogen and oxygen atoms in total. The van der Waals surface area contributed by atoms with Gasteiger partial charge in [0, 0.05) is 5.92 Å². The summed E-state index contributed by atoms with van der Waals surface area (Å²) in [5.74, 6) is 2.14. The van der Waals surface area contributed by atoms with Crippen LogP contribution in [0.5, 0.6) is 5.75 Å². The highest BCUT2D eigenvalue weighted by Gasteiger charge is 2.24. The number of hydrogen-bond acceptors (Lipinski definition) is 2. The molecule has 27 heavy (non-hydrogen) atoms. The van der Waals surface area contributed by atoms with Gasteiger partial charge in [-0.05, 0) is 56.2 Å². The van der Waals surface area contributed by atoms with Gasteiger partial charge in [-0.1, -0.05) is 76.7 Å². The summed E-state index contributed by atoms with van der Waals surface area (Å²) in [6.45, 7) is 14.0. The zero-order valence-corrected chi connectivity index (χ0v) is 18.4. The largest absolute Gasteiger partial charge is 0.465 e. The summed E-state index contributed by atoms with van der Waals surface area (Å²) in [5.41, 5.74) is 2.88. The van der Waals surface area contributed by atoms with Crippen molar-refractivity contribution in [1.82, 2.24) is 0 Å². The fourth-order valence-electron chi connectivity index (χ4n) is 4.04. The molecule has 2 heteroatoms. The second-order valence-electron chi connectivity index (χ2n) is 9.51. The van der Waals surface area contributed by atoms with E-state index in [0.717, 1.165) is 18.3 Å². The van der Waals surface area contributed by atoms with Crippen LogP contribution in [0.2, 0.25) is 0 Å². The Labute approximate surface area is 167 Å². The van der Waals surface area contributed by atoms with Crippen molar-refractivity contribution in [1.29, 1.82) is 0 Å². The number of hydrogen-bond donors (Lipinski definition) is 0. The van der Waals surface area contributed by atoms with E-state index >= 15 is 0 Å². The second-order valence-corrected chi connectivity index (χ2v) is 9.51. The summed E-state index contributed by atoms with van der Waals surface area (Å²) in [5, 5.41) is 0. The monoisotopic (exact) mass is 372 g/mol. The van der Waals surface area contributed by atoms with E-state index < -0.39 is 0 Å². The van der Waals surface area contributed by atoms with E-state index in [0.29, 0.717) is 5.92 Å². The maximum Gasteiger partial charge on any atom is 0.196 e. The lowest BCUT2D eigenvalue weighted by Gasteiger charge is -2.29. The molecule has 0 bridgehead atoms. The van der Waals surface area contributed by atoms with Gasteiger partial charge in [0.15, 0.2) is 6.29 Å². The molecule has 1 saturated carbocycles. The highest BCUT2D eigenvalue weighted by molar-refractivity contribution is 5.33. The molecule has 0 N–H and O–H groups in total. The van der Waals surface area contributed by atoms with E-state index in [1.54, 1.807) is 0 Å². The van der Waals surface area contributed by atoms with E-state index in [2.05, 4.69) is 65.0 Å². The maximum absolute atomic E-state index is 5.97. The van der Waals surface area contributed by atoms with Crippen molar-refractivity contribution in [3.8, 4) is 5.75 Å². The SMILES string of the molecule is CC(C)=CC(c1ccc(OC(C)OCCC2CCCCC2)cc1)C(C)(C)C. The Morgan fingerprint density at radius 3 is 2.26 bits per heavy atom. The molecular weight excluding hydrogens is 332 g/mol. The van der Waals surface area contributed by atoms with E-state index in [9.17, 15) is 0 Å². The molecule has 1 aromatic rings. The van der Waals surface area contributed by atoms with Crippen LogP contribution in [0.4, 0.5) is 0 Å². The van der Waals surface area contributed by atoms with Crippen molar-refractivity contribution in [2.45, 2.75) is 92.3 Å². The second kappa shape index (κ2) is 10.3. The topological polar surface area (TPSA) is 18.5 Å². The molecule has 0 aliphatic heterocycles. The van der Waals surface area contributed by atoms with E-state index in [1.165, 1.54) is 49.7 Å². The van der Waals surface area contributed by atoms with Gasteiger partial charge in [0.2, 0.25) is 0 Å². The minimum Gasteiger partial charge on any atom is -0.465 e. The van der Waals surface area contributed by atoms with Gasteiger partial charge in [-0.2, -0.15) is 0 Å². The van der Waals surface area contributed by atoms with Gasteiger partial charge in [0.05, 0.1) is 6.61 Å². The van der Waals surface area contributed by atoms with Gasteiger partial charge in [0.25, 0.3) is 0 Å².